The minimum atomic E-state index is -0.484. The van der Waals surface area contributed by atoms with Gasteiger partial charge in [0.25, 0.3) is 0 Å². The summed E-state index contributed by atoms with van der Waals surface area (Å²) in [6, 6.07) is 7.77. The van der Waals surface area contributed by atoms with Crippen LogP contribution in [0.15, 0.2) is 24.3 Å². The zero-order valence-electron chi connectivity index (χ0n) is 12.9. The van der Waals surface area contributed by atoms with Crippen molar-refractivity contribution in [2.75, 3.05) is 36.8 Å². The highest BCUT2D eigenvalue weighted by Gasteiger charge is 2.24. The molecule has 0 spiro atoms. The Morgan fingerprint density at radius 3 is 2.48 bits per heavy atom. The molecule has 0 aliphatic carbocycles. The molecule has 0 bridgehead atoms. The maximum atomic E-state index is 12.1. The third kappa shape index (κ3) is 4.53. The predicted molar refractivity (Wildman–Crippen MR) is 84.0 cm³/mol. The van der Waals surface area contributed by atoms with Gasteiger partial charge in [0.1, 0.15) is 5.60 Å². The van der Waals surface area contributed by atoms with Crippen molar-refractivity contribution in [3.05, 3.63) is 24.3 Å². The van der Waals surface area contributed by atoms with Crippen molar-refractivity contribution in [2.24, 2.45) is 0 Å². The molecule has 2 rings (SSSR count). The fourth-order valence-corrected chi connectivity index (χ4v) is 2.15. The van der Waals surface area contributed by atoms with Crippen molar-refractivity contribution in [3.8, 4) is 0 Å². The van der Waals surface area contributed by atoms with Crippen molar-refractivity contribution in [1.82, 2.24) is 10.4 Å². The first kappa shape index (κ1) is 15.4. The number of nitrogens with one attached hydrogen (secondary N) is 1. The third-order valence-corrected chi connectivity index (χ3v) is 3.15. The Morgan fingerprint density at radius 1 is 1.19 bits per heavy atom. The molecule has 1 amide bonds. The molecular formula is C15H24N4O2. The second-order valence-corrected chi connectivity index (χ2v) is 6.12. The van der Waals surface area contributed by atoms with Crippen molar-refractivity contribution in [1.29, 1.82) is 0 Å². The number of ether oxygens (including phenoxy) is 1. The van der Waals surface area contributed by atoms with Gasteiger partial charge < -0.3 is 15.4 Å². The quantitative estimate of drug-likeness (QED) is 0.773. The summed E-state index contributed by atoms with van der Waals surface area (Å²) < 4.78 is 5.38. The monoisotopic (exact) mass is 292 g/mol. The average Bonchev–Trinajstić information content (AvgIpc) is 2.63. The molecular weight excluding hydrogens is 268 g/mol. The number of rotatable bonds is 1. The maximum Gasteiger partial charge on any atom is 0.424 e. The van der Waals surface area contributed by atoms with Crippen LogP contribution in [0.2, 0.25) is 0 Å². The van der Waals surface area contributed by atoms with Crippen LogP contribution in [0.4, 0.5) is 16.2 Å². The first-order chi connectivity index (χ1) is 9.85. The van der Waals surface area contributed by atoms with Crippen LogP contribution in [0.5, 0.6) is 0 Å². The number of carbonyl (C=O) groups is 1. The molecule has 1 aliphatic rings. The Hall–Kier alpha value is -1.95. The molecule has 3 N–H and O–H groups in total. The molecule has 1 aromatic carbocycles. The summed E-state index contributed by atoms with van der Waals surface area (Å²) in [5, 5.41) is 1.54. The first-order valence-electron chi connectivity index (χ1n) is 7.20. The van der Waals surface area contributed by atoms with E-state index in [0.29, 0.717) is 13.1 Å². The first-order valence-corrected chi connectivity index (χ1v) is 7.20. The standard InChI is InChI=1S/C15H24N4O2/c1-15(2,3)21-14(20)19-11-10-18(9-8-17-19)13-6-4-12(16)5-7-13/h4-7,17H,8-11,16H2,1-3H3. The van der Waals surface area contributed by atoms with Gasteiger partial charge >= 0.3 is 6.09 Å². The number of anilines is 2. The number of nitrogen functional groups attached to an aromatic ring is 1. The molecule has 0 aromatic heterocycles. The molecule has 1 saturated heterocycles. The van der Waals surface area contributed by atoms with Crippen molar-refractivity contribution < 1.29 is 9.53 Å². The van der Waals surface area contributed by atoms with Crippen molar-refractivity contribution in [2.45, 2.75) is 26.4 Å². The van der Waals surface area contributed by atoms with Crippen molar-refractivity contribution >= 4 is 17.5 Å². The number of nitrogens with zero attached hydrogens (tertiary/aromatic N) is 2. The Bertz CT molecular complexity index is 481. The molecule has 1 aromatic rings. The lowest BCUT2D eigenvalue weighted by Crippen LogP contribution is -2.46. The minimum Gasteiger partial charge on any atom is -0.443 e. The highest BCUT2D eigenvalue weighted by atomic mass is 16.6. The summed E-state index contributed by atoms with van der Waals surface area (Å²) >= 11 is 0. The molecule has 0 saturated carbocycles. The molecule has 6 nitrogen and oxygen atoms in total. The second kappa shape index (κ2) is 6.22. The van der Waals surface area contributed by atoms with Gasteiger partial charge in [-0.2, -0.15) is 0 Å². The average molecular weight is 292 g/mol. The summed E-state index contributed by atoms with van der Waals surface area (Å²) in [5.74, 6) is 0. The normalized spacial score (nSPS) is 16.5. The highest BCUT2D eigenvalue weighted by Crippen LogP contribution is 2.17. The SMILES string of the molecule is CC(C)(C)OC(=O)N1CCN(c2ccc(N)cc2)CCN1. The molecule has 1 aliphatic heterocycles. The zero-order valence-corrected chi connectivity index (χ0v) is 12.9. The van der Waals surface area contributed by atoms with Crippen LogP contribution < -0.4 is 16.1 Å². The number of hydrazine groups is 1. The summed E-state index contributed by atoms with van der Waals surface area (Å²) in [6.07, 6.45) is -0.332. The number of hydrogen-bond acceptors (Lipinski definition) is 5. The third-order valence-electron chi connectivity index (χ3n) is 3.15. The lowest BCUT2D eigenvalue weighted by molar-refractivity contribution is 0.0161. The lowest BCUT2D eigenvalue weighted by atomic mass is 10.2. The van der Waals surface area contributed by atoms with Gasteiger partial charge in [-0.3, -0.25) is 0 Å². The predicted octanol–water partition coefficient (Wildman–Crippen LogP) is 1.83. The van der Waals surface area contributed by atoms with Gasteiger partial charge in [-0.25, -0.2) is 15.2 Å². The van der Waals surface area contributed by atoms with E-state index in [9.17, 15) is 4.79 Å². The summed E-state index contributed by atoms with van der Waals surface area (Å²) in [5.41, 5.74) is 10.2. The Labute approximate surface area is 125 Å². The molecule has 0 atom stereocenters. The molecule has 1 heterocycles. The molecule has 0 unspecified atom stereocenters. The molecule has 116 valence electrons. The molecule has 1 fully saturated rings. The number of amides is 1. The van der Waals surface area contributed by atoms with Crippen LogP contribution in [0.3, 0.4) is 0 Å². The zero-order chi connectivity index (χ0) is 15.5. The van der Waals surface area contributed by atoms with E-state index >= 15 is 0 Å². The Morgan fingerprint density at radius 2 is 1.86 bits per heavy atom. The minimum absolute atomic E-state index is 0.332. The summed E-state index contributed by atoms with van der Waals surface area (Å²) in [6.45, 7) is 8.42. The fourth-order valence-electron chi connectivity index (χ4n) is 2.15. The summed E-state index contributed by atoms with van der Waals surface area (Å²) in [7, 11) is 0. The Kier molecular flexibility index (Phi) is 4.57. The van der Waals surface area contributed by atoms with Gasteiger partial charge in [0.15, 0.2) is 0 Å². The van der Waals surface area contributed by atoms with E-state index in [1.54, 1.807) is 5.01 Å². The highest BCUT2D eigenvalue weighted by molar-refractivity contribution is 5.67. The van der Waals surface area contributed by atoms with E-state index in [0.717, 1.165) is 24.5 Å². The van der Waals surface area contributed by atoms with Gasteiger partial charge in [0.05, 0.1) is 6.54 Å². The fraction of sp³-hybridized carbons (Fsp3) is 0.533. The van der Waals surface area contributed by atoms with Gasteiger partial charge in [0.2, 0.25) is 0 Å². The van der Waals surface area contributed by atoms with E-state index in [4.69, 9.17) is 10.5 Å². The van der Waals surface area contributed by atoms with E-state index in [1.165, 1.54) is 0 Å². The largest absolute Gasteiger partial charge is 0.443 e. The van der Waals surface area contributed by atoms with Gasteiger partial charge in [-0.05, 0) is 45.0 Å². The summed E-state index contributed by atoms with van der Waals surface area (Å²) in [4.78, 5) is 14.3. The van der Waals surface area contributed by atoms with Crippen LogP contribution in [-0.2, 0) is 4.74 Å². The van der Waals surface area contributed by atoms with Crippen molar-refractivity contribution in [3.63, 3.8) is 0 Å². The van der Waals surface area contributed by atoms with E-state index in [-0.39, 0.29) is 6.09 Å². The van der Waals surface area contributed by atoms with Gasteiger partial charge in [-0.1, -0.05) is 0 Å². The lowest BCUT2D eigenvalue weighted by Gasteiger charge is -2.26. The maximum absolute atomic E-state index is 12.1. The molecule has 6 heteroatoms. The van der Waals surface area contributed by atoms with Crippen LogP contribution in [0.1, 0.15) is 20.8 Å². The number of nitrogens with two attached hydrogens (primary N) is 1. The number of carbonyl (C=O) groups excluding carboxylic acids is 1. The molecule has 0 radical (unpaired) electrons. The van der Waals surface area contributed by atoms with Crippen LogP contribution >= 0.6 is 0 Å². The van der Waals surface area contributed by atoms with Gasteiger partial charge in [-0.15, -0.1) is 0 Å². The number of hydrogen-bond donors (Lipinski definition) is 2. The second-order valence-electron chi connectivity index (χ2n) is 6.12. The van der Waals surface area contributed by atoms with E-state index < -0.39 is 5.60 Å². The molecule has 21 heavy (non-hydrogen) atoms. The van der Waals surface area contributed by atoms with Crippen LogP contribution in [0, 0.1) is 0 Å². The number of benzene rings is 1. The Balaban J connectivity index is 1.95. The topological polar surface area (TPSA) is 70.8 Å². The van der Waals surface area contributed by atoms with Crippen LogP contribution in [-0.4, -0.2) is 42.9 Å². The van der Waals surface area contributed by atoms with Gasteiger partial charge in [0, 0.05) is 31.0 Å². The van der Waals surface area contributed by atoms with E-state index in [1.807, 2.05) is 45.0 Å². The smallest absolute Gasteiger partial charge is 0.424 e. The van der Waals surface area contributed by atoms with Crippen LogP contribution in [0.25, 0.3) is 0 Å². The van der Waals surface area contributed by atoms with E-state index in [2.05, 4.69) is 10.3 Å².